The average Bonchev–Trinajstić information content (AvgIpc) is 3.16. The van der Waals surface area contributed by atoms with Crippen LogP contribution < -0.4 is 5.32 Å². The lowest BCUT2D eigenvalue weighted by atomic mass is 9.73. The number of aromatic amines is 1. The van der Waals surface area contributed by atoms with Gasteiger partial charge in [0.25, 0.3) is 0 Å². The number of likely N-dealkylation sites (tertiary alicyclic amines) is 1. The summed E-state index contributed by atoms with van der Waals surface area (Å²) in [5, 5.41) is 20.3. The van der Waals surface area contributed by atoms with Gasteiger partial charge in [0.05, 0.1) is 22.6 Å². The minimum Gasteiger partial charge on any atom is -0.324 e. The number of halogens is 3. The van der Waals surface area contributed by atoms with Crippen molar-refractivity contribution < 1.29 is 18.0 Å². The van der Waals surface area contributed by atoms with Crippen molar-refractivity contribution in [3.63, 3.8) is 0 Å². The summed E-state index contributed by atoms with van der Waals surface area (Å²) in [5.41, 5.74) is -0.713. The molecule has 3 aromatic rings. The van der Waals surface area contributed by atoms with Crippen LogP contribution in [-0.4, -0.2) is 34.2 Å². The van der Waals surface area contributed by atoms with Crippen LogP contribution in [0.4, 0.5) is 23.8 Å². The molecule has 2 amide bonds. The quantitative estimate of drug-likeness (QED) is 0.640. The van der Waals surface area contributed by atoms with E-state index in [1.54, 1.807) is 11.0 Å². The maximum atomic E-state index is 13.1. The van der Waals surface area contributed by atoms with Gasteiger partial charge in [0.2, 0.25) is 0 Å². The minimum absolute atomic E-state index is 0.248. The number of amides is 2. The smallest absolute Gasteiger partial charge is 0.324 e. The standard InChI is InChI=1S/C21H18F3N5O/c22-21(23,24)15-5-3-4-14(12-15)20(13-25)8-10-29(11-9-20)19(30)26-18-16-6-1-2-7-17(16)27-28-18/h1-7,12H,8-11H2,(H2,26,27,28,30). The number of aromatic nitrogens is 2. The highest BCUT2D eigenvalue weighted by molar-refractivity contribution is 5.98. The SMILES string of the molecule is N#CC1(c2cccc(C(F)(F)F)c2)CCN(C(=O)Nc2n[nH]c3ccccc23)CC1. The Bertz CT molecular complexity index is 1120. The Kier molecular flexibility index (Phi) is 4.86. The second-order valence-corrected chi connectivity index (χ2v) is 7.31. The fourth-order valence-corrected chi connectivity index (χ4v) is 3.79. The van der Waals surface area contributed by atoms with Gasteiger partial charge in [-0.1, -0.05) is 30.3 Å². The molecular weight excluding hydrogens is 395 g/mol. The first-order valence-electron chi connectivity index (χ1n) is 9.40. The van der Waals surface area contributed by atoms with Gasteiger partial charge in [-0.3, -0.25) is 10.4 Å². The summed E-state index contributed by atoms with van der Waals surface area (Å²) in [4.78, 5) is 14.2. The molecule has 0 unspecified atom stereocenters. The molecule has 6 nitrogen and oxygen atoms in total. The molecule has 30 heavy (non-hydrogen) atoms. The molecule has 1 aromatic heterocycles. The maximum Gasteiger partial charge on any atom is 0.416 e. The lowest BCUT2D eigenvalue weighted by Gasteiger charge is -2.37. The van der Waals surface area contributed by atoms with E-state index < -0.39 is 17.2 Å². The highest BCUT2D eigenvalue weighted by Crippen LogP contribution is 2.38. The summed E-state index contributed by atoms with van der Waals surface area (Å²) in [6, 6.07) is 14.1. The molecule has 1 fully saturated rings. The zero-order chi connectivity index (χ0) is 21.4. The van der Waals surface area contributed by atoms with Gasteiger partial charge >= 0.3 is 12.2 Å². The highest BCUT2D eigenvalue weighted by Gasteiger charge is 2.39. The minimum atomic E-state index is -4.47. The largest absolute Gasteiger partial charge is 0.416 e. The third-order valence-electron chi connectivity index (χ3n) is 5.56. The van der Waals surface area contributed by atoms with Crippen molar-refractivity contribution in [2.24, 2.45) is 0 Å². The molecule has 154 valence electrons. The zero-order valence-electron chi connectivity index (χ0n) is 15.8. The molecule has 0 saturated carbocycles. The number of rotatable bonds is 2. The number of nitrogens with zero attached hydrogens (tertiary/aromatic N) is 3. The third-order valence-corrected chi connectivity index (χ3v) is 5.56. The van der Waals surface area contributed by atoms with E-state index in [1.165, 1.54) is 6.07 Å². The maximum absolute atomic E-state index is 13.1. The molecule has 9 heteroatoms. The van der Waals surface area contributed by atoms with Crippen LogP contribution in [0, 0.1) is 11.3 Å². The van der Waals surface area contributed by atoms with E-state index in [0.717, 1.165) is 23.0 Å². The monoisotopic (exact) mass is 413 g/mol. The normalized spacial score (nSPS) is 16.3. The Morgan fingerprint density at radius 3 is 2.60 bits per heavy atom. The lowest BCUT2D eigenvalue weighted by Crippen LogP contribution is -2.46. The van der Waals surface area contributed by atoms with Gasteiger partial charge in [-0.2, -0.15) is 23.5 Å². The van der Waals surface area contributed by atoms with Crippen LogP contribution in [0.1, 0.15) is 24.0 Å². The topological polar surface area (TPSA) is 84.8 Å². The molecule has 1 aliphatic rings. The molecule has 0 aliphatic carbocycles. The molecule has 0 spiro atoms. The second-order valence-electron chi connectivity index (χ2n) is 7.31. The molecule has 2 heterocycles. The number of nitrogens with one attached hydrogen (secondary N) is 2. The van der Waals surface area contributed by atoms with Gasteiger partial charge < -0.3 is 4.90 Å². The number of H-pyrrole nitrogens is 1. The Morgan fingerprint density at radius 2 is 1.90 bits per heavy atom. The molecule has 2 aromatic carbocycles. The Balaban J connectivity index is 1.48. The van der Waals surface area contributed by atoms with E-state index in [-0.39, 0.29) is 32.0 Å². The number of anilines is 1. The van der Waals surface area contributed by atoms with Gasteiger partial charge in [-0.25, -0.2) is 4.79 Å². The van der Waals surface area contributed by atoms with Crippen LogP contribution in [0.5, 0.6) is 0 Å². The van der Waals surface area contributed by atoms with Crippen molar-refractivity contribution in [2.45, 2.75) is 24.4 Å². The van der Waals surface area contributed by atoms with Crippen molar-refractivity contribution in [1.82, 2.24) is 15.1 Å². The number of hydrogen-bond acceptors (Lipinski definition) is 3. The molecule has 0 radical (unpaired) electrons. The molecule has 0 atom stereocenters. The van der Waals surface area contributed by atoms with Crippen LogP contribution in [0.3, 0.4) is 0 Å². The van der Waals surface area contributed by atoms with E-state index in [2.05, 4.69) is 21.6 Å². The molecular formula is C21H18F3N5O. The first-order valence-corrected chi connectivity index (χ1v) is 9.40. The predicted octanol–water partition coefficient (Wildman–Crippen LogP) is 4.67. The molecule has 4 rings (SSSR count). The van der Waals surface area contributed by atoms with Gasteiger partial charge in [0, 0.05) is 18.5 Å². The molecule has 0 bridgehead atoms. The third kappa shape index (κ3) is 3.56. The number of alkyl halides is 3. The Morgan fingerprint density at radius 1 is 1.17 bits per heavy atom. The van der Waals surface area contributed by atoms with Crippen molar-refractivity contribution in [3.8, 4) is 6.07 Å². The summed E-state index contributed by atoms with van der Waals surface area (Å²) in [7, 11) is 0. The molecule has 1 aliphatic heterocycles. The number of hydrogen-bond donors (Lipinski definition) is 2. The van der Waals surface area contributed by atoms with Crippen LogP contribution in [-0.2, 0) is 11.6 Å². The van der Waals surface area contributed by atoms with Crippen molar-refractivity contribution >= 4 is 22.8 Å². The van der Waals surface area contributed by atoms with E-state index in [4.69, 9.17) is 0 Å². The number of nitriles is 1. The summed E-state index contributed by atoms with van der Waals surface area (Å²) < 4.78 is 39.2. The summed E-state index contributed by atoms with van der Waals surface area (Å²) in [6.07, 6.45) is -3.97. The van der Waals surface area contributed by atoms with Crippen molar-refractivity contribution in [1.29, 1.82) is 5.26 Å². The van der Waals surface area contributed by atoms with Crippen LogP contribution >= 0.6 is 0 Å². The van der Waals surface area contributed by atoms with E-state index in [1.807, 2.05) is 24.3 Å². The molecule has 2 N–H and O–H groups in total. The van der Waals surface area contributed by atoms with Crippen LogP contribution in [0.2, 0.25) is 0 Å². The van der Waals surface area contributed by atoms with Gasteiger partial charge in [-0.15, -0.1) is 0 Å². The first-order chi connectivity index (χ1) is 14.3. The Hall–Kier alpha value is -3.54. The fraction of sp³-hybridized carbons (Fsp3) is 0.286. The zero-order valence-corrected chi connectivity index (χ0v) is 15.8. The van der Waals surface area contributed by atoms with E-state index >= 15 is 0 Å². The van der Waals surface area contributed by atoms with Gasteiger partial charge in [0.1, 0.15) is 0 Å². The predicted molar refractivity (Wildman–Crippen MR) is 105 cm³/mol. The second kappa shape index (κ2) is 7.37. The lowest BCUT2D eigenvalue weighted by molar-refractivity contribution is -0.137. The fourth-order valence-electron chi connectivity index (χ4n) is 3.79. The number of piperidine rings is 1. The van der Waals surface area contributed by atoms with E-state index in [0.29, 0.717) is 11.4 Å². The number of carbonyl (C=O) groups excluding carboxylic acids is 1. The number of fused-ring (bicyclic) bond motifs is 1. The van der Waals surface area contributed by atoms with Gasteiger partial charge in [0.15, 0.2) is 5.82 Å². The first kappa shape index (κ1) is 19.8. The van der Waals surface area contributed by atoms with Crippen molar-refractivity contribution in [2.75, 3.05) is 18.4 Å². The summed E-state index contributed by atoms with van der Waals surface area (Å²) in [6.45, 7) is 0.496. The Labute approximate surface area is 170 Å². The average molecular weight is 413 g/mol. The number of carbonyl (C=O) groups is 1. The summed E-state index contributed by atoms with van der Waals surface area (Å²) >= 11 is 0. The van der Waals surface area contributed by atoms with Crippen LogP contribution in [0.15, 0.2) is 48.5 Å². The van der Waals surface area contributed by atoms with E-state index in [9.17, 15) is 23.2 Å². The van der Waals surface area contributed by atoms with Crippen molar-refractivity contribution in [3.05, 3.63) is 59.7 Å². The molecule has 1 saturated heterocycles. The number of urea groups is 1. The van der Waals surface area contributed by atoms with Crippen LogP contribution in [0.25, 0.3) is 10.9 Å². The highest BCUT2D eigenvalue weighted by atomic mass is 19.4. The van der Waals surface area contributed by atoms with Gasteiger partial charge in [-0.05, 0) is 36.6 Å². The summed E-state index contributed by atoms with van der Waals surface area (Å²) in [5.74, 6) is 0.408. The number of para-hydroxylation sites is 1. The number of benzene rings is 2.